The molecule has 2 N–H and O–H groups in total. The predicted octanol–water partition coefficient (Wildman–Crippen LogP) is 0.949. The minimum atomic E-state index is -1.08. The van der Waals surface area contributed by atoms with E-state index in [0.29, 0.717) is 28.4 Å². The second kappa shape index (κ2) is 7.36. The van der Waals surface area contributed by atoms with Gasteiger partial charge in [0.05, 0.1) is 4.92 Å². The molecule has 0 saturated carbocycles. The Labute approximate surface area is 159 Å². The van der Waals surface area contributed by atoms with Crippen LogP contribution < -0.4 is 10.6 Å². The zero-order chi connectivity index (χ0) is 19.7. The topological polar surface area (TPSA) is 156 Å². The molecule has 0 bridgehead atoms. The lowest BCUT2D eigenvalue weighted by molar-refractivity contribution is -0.384. The summed E-state index contributed by atoms with van der Waals surface area (Å²) in [5, 5.41) is 11.7. The number of thioether (sulfide) groups is 2. The summed E-state index contributed by atoms with van der Waals surface area (Å²) in [5.41, 5.74) is 0.101. The largest absolute Gasteiger partial charge is 0.325 e. The Balaban J connectivity index is 1.63. The highest BCUT2D eigenvalue weighted by Crippen LogP contribution is 2.36. The number of amides is 5. The van der Waals surface area contributed by atoms with Crippen molar-refractivity contribution in [2.24, 2.45) is 0 Å². The molecule has 0 aromatic heterocycles. The van der Waals surface area contributed by atoms with Gasteiger partial charge in [-0.25, -0.2) is 0 Å². The van der Waals surface area contributed by atoms with Gasteiger partial charge in [-0.05, 0) is 35.7 Å². The van der Waals surface area contributed by atoms with E-state index in [1.54, 1.807) is 0 Å². The first-order valence-electron chi connectivity index (χ1n) is 7.34. The van der Waals surface area contributed by atoms with E-state index < -0.39 is 50.2 Å². The minimum Gasteiger partial charge on any atom is -0.325 e. The first kappa shape index (κ1) is 18.8. The lowest BCUT2D eigenvalue weighted by atomic mass is 10.2. The first-order valence-corrected chi connectivity index (χ1v) is 9.10. The minimum absolute atomic E-state index is 0.154. The predicted molar refractivity (Wildman–Crippen MR) is 95.1 cm³/mol. The number of imide groups is 2. The Morgan fingerprint density at radius 1 is 1.15 bits per heavy atom. The Morgan fingerprint density at radius 2 is 1.81 bits per heavy atom. The number of benzene rings is 1. The molecule has 0 radical (unpaired) electrons. The summed E-state index contributed by atoms with van der Waals surface area (Å²) in [6, 6.07) is 5.01. The van der Waals surface area contributed by atoms with Gasteiger partial charge in [0.2, 0.25) is 17.7 Å². The van der Waals surface area contributed by atoms with Crippen molar-refractivity contribution in [2.45, 2.75) is 10.5 Å². The number of hydrogen-bond acceptors (Lipinski definition) is 9. The van der Waals surface area contributed by atoms with Gasteiger partial charge in [0.25, 0.3) is 16.2 Å². The molecule has 27 heavy (non-hydrogen) atoms. The average molecular weight is 410 g/mol. The molecule has 2 aliphatic heterocycles. The lowest BCUT2D eigenvalue weighted by Gasteiger charge is -2.14. The van der Waals surface area contributed by atoms with Gasteiger partial charge in [0, 0.05) is 17.8 Å². The number of carbonyl (C=O) groups is 5. The van der Waals surface area contributed by atoms with Crippen LogP contribution in [-0.4, -0.2) is 55.1 Å². The second-order valence-electron chi connectivity index (χ2n) is 5.40. The number of nitro benzene ring substituents is 1. The third-order valence-corrected chi connectivity index (χ3v) is 5.99. The number of non-ortho nitro benzene ring substituents is 1. The van der Waals surface area contributed by atoms with Crippen molar-refractivity contribution >= 4 is 63.1 Å². The van der Waals surface area contributed by atoms with Gasteiger partial charge in [-0.15, -0.1) is 0 Å². The van der Waals surface area contributed by atoms with E-state index in [4.69, 9.17) is 0 Å². The molecule has 2 atom stereocenters. The maximum Gasteiger partial charge on any atom is 0.289 e. The number of rotatable bonds is 5. The first-order chi connectivity index (χ1) is 12.8. The highest BCUT2D eigenvalue weighted by Gasteiger charge is 2.50. The van der Waals surface area contributed by atoms with Gasteiger partial charge in [0.15, 0.2) is 0 Å². The molecule has 2 aliphatic rings. The molecule has 5 amide bonds. The number of nitrogens with one attached hydrogen (secondary N) is 2. The molecule has 3 rings (SSSR count). The van der Waals surface area contributed by atoms with E-state index in [1.165, 1.54) is 24.3 Å². The Morgan fingerprint density at radius 3 is 2.37 bits per heavy atom. The molecular weight excluding hydrogens is 400 g/mol. The fraction of sp³-hybridized carbons (Fsp3) is 0.214. The van der Waals surface area contributed by atoms with E-state index in [1.807, 2.05) is 5.32 Å². The quantitative estimate of drug-likeness (QED) is 0.533. The Bertz CT molecular complexity index is 873. The monoisotopic (exact) mass is 410 g/mol. The van der Waals surface area contributed by atoms with E-state index in [-0.39, 0.29) is 11.4 Å². The van der Waals surface area contributed by atoms with Crippen LogP contribution >= 0.6 is 23.5 Å². The molecule has 2 saturated heterocycles. The molecule has 1 aromatic rings. The van der Waals surface area contributed by atoms with Gasteiger partial charge in [-0.3, -0.25) is 44.3 Å². The zero-order valence-corrected chi connectivity index (χ0v) is 14.9. The van der Waals surface area contributed by atoms with Crippen LogP contribution in [0.25, 0.3) is 0 Å². The van der Waals surface area contributed by atoms with Crippen molar-refractivity contribution in [2.75, 3.05) is 11.9 Å². The SMILES string of the molecule is O=C(CN1C(=O)S[C@@H]([C@H]2SC(=O)NC2=O)C1=O)Nc1ccc([N+](=O)[O-])cc1. The van der Waals surface area contributed by atoms with Crippen LogP contribution in [0, 0.1) is 10.1 Å². The van der Waals surface area contributed by atoms with Gasteiger partial charge < -0.3 is 5.32 Å². The van der Waals surface area contributed by atoms with E-state index in [9.17, 15) is 34.1 Å². The molecular formula is C14H10N4O7S2. The maximum atomic E-state index is 12.4. The van der Waals surface area contributed by atoms with Crippen LogP contribution in [0.1, 0.15) is 0 Å². The standard InChI is InChI=1S/C14H10N4O7S2/c19-8(15-6-1-3-7(4-2-6)18(24)25)5-17-12(21)10(27-14(17)23)9-11(20)16-13(22)26-9/h1-4,9-10H,5H2,(H,15,19)(H,16,20,22)/t9-,10+/m1/s1. The lowest BCUT2D eigenvalue weighted by Crippen LogP contribution is -2.42. The summed E-state index contributed by atoms with van der Waals surface area (Å²) in [7, 11) is 0. The molecule has 11 nitrogen and oxygen atoms in total. The van der Waals surface area contributed by atoms with Crippen LogP contribution in [0.4, 0.5) is 21.0 Å². The number of nitro groups is 1. The fourth-order valence-corrected chi connectivity index (χ4v) is 4.48. The second-order valence-corrected chi connectivity index (χ2v) is 7.60. The van der Waals surface area contributed by atoms with E-state index >= 15 is 0 Å². The summed E-state index contributed by atoms with van der Waals surface area (Å²) in [4.78, 5) is 70.2. The van der Waals surface area contributed by atoms with Crippen LogP contribution in [0.5, 0.6) is 0 Å². The van der Waals surface area contributed by atoms with Crippen molar-refractivity contribution in [3.8, 4) is 0 Å². The van der Waals surface area contributed by atoms with Crippen molar-refractivity contribution in [3.05, 3.63) is 34.4 Å². The molecule has 140 valence electrons. The third-order valence-electron chi connectivity index (χ3n) is 3.61. The smallest absolute Gasteiger partial charge is 0.289 e. The Kier molecular flexibility index (Phi) is 5.14. The molecule has 2 heterocycles. The highest BCUT2D eigenvalue weighted by atomic mass is 32.2. The zero-order valence-electron chi connectivity index (χ0n) is 13.2. The summed E-state index contributed by atoms with van der Waals surface area (Å²) < 4.78 is 0. The number of anilines is 1. The van der Waals surface area contributed by atoms with Crippen LogP contribution in [0.2, 0.25) is 0 Å². The Hall–Kier alpha value is -2.93. The van der Waals surface area contributed by atoms with Gasteiger partial charge >= 0.3 is 0 Å². The number of hydrogen-bond donors (Lipinski definition) is 2. The van der Waals surface area contributed by atoms with Crippen molar-refractivity contribution in [3.63, 3.8) is 0 Å². The maximum absolute atomic E-state index is 12.4. The molecule has 13 heteroatoms. The molecule has 0 aliphatic carbocycles. The van der Waals surface area contributed by atoms with Crippen molar-refractivity contribution in [1.29, 1.82) is 0 Å². The van der Waals surface area contributed by atoms with Crippen molar-refractivity contribution < 1.29 is 28.9 Å². The highest BCUT2D eigenvalue weighted by molar-refractivity contribution is 8.19. The summed E-state index contributed by atoms with van der Waals surface area (Å²) >= 11 is 1.22. The van der Waals surface area contributed by atoms with Gasteiger partial charge in [-0.1, -0.05) is 0 Å². The van der Waals surface area contributed by atoms with Crippen molar-refractivity contribution in [1.82, 2.24) is 10.2 Å². The van der Waals surface area contributed by atoms with E-state index in [2.05, 4.69) is 5.32 Å². The summed E-state index contributed by atoms with van der Waals surface area (Å²) in [5.74, 6) is -2.07. The normalized spacial score (nSPS) is 22.1. The van der Waals surface area contributed by atoms with Crippen LogP contribution in [0.3, 0.4) is 0 Å². The van der Waals surface area contributed by atoms with Gasteiger partial charge in [0.1, 0.15) is 17.0 Å². The molecule has 0 spiro atoms. The average Bonchev–Trinajstić information content (AvgIpc) is 3.08. The fourth-order valence-electron chi connectivity index (χ4n) is 2.38. The third kappa shape index (κ3) is 3.93. The molecule has 1 aromatic carbocycles. The summed E-state index contributed by atoms with van der Waals surface area (Å²) in [6.07, 6.45) is 0. The molecule has 0 unspecified atom stereocenters. The summed E-state index contributed by atoms with van der Waals surface area (Å²) in [6.45, 7) is -0.578. The van der Waals surface area contributed by atoms with E-state index in [0.717, 1.165) is 0 Å². The van der Waals surface area contributed by atoms with Crippen LogP contribution in [-0.2, 0) is 14.4 Å². The van der Waals surface area contributed by atoms with Crippen LogP contribution in [0.15, 0.2) is 24.3 Å². The molecule has 2 fully saturated rings. The number of carbonyl (C=O) groups excluding carboxylic acids is 5. The number of nitrogens with zero attached hydrogens (tertiary/aromatic N) is 2. The van der Waals surface area contributed by atoms with Gasteiger partial charge in [-0.2, -0.15) is 0 Å².